The van der Waals surface area contributed by atoms with E-state index in [0.29, 0.717) is 5.95 Å². The Morgan fingerprint density at radius 3 is 2.39 bits per heavy atom. The minimum atomic E-state index is 0.546. The number of rotatable bonds is 9. The van der Waals surface area contributed by atoms with Crippen LogP contribution in [-0.4, -0.2) is 56.0 Å². The van der Waals surface area contributed by atoms with Crippen LogP contribution in [0, 0.1) is 20.8 Å². The summed E-state index contributed by atoms with van der Waals surface area (Å²) in [6, 6.07) is 8.57. The van der Waals surface area contributed by atoms with E-state index in [1.165, 1.54) is 27.9 Å². The van der Waals surface area contributed by atoms with E-state index >= 15 is 0 Å². The molecule has 4 heterocycles. The Morgan fingerprint density at radius 1 is 0.947 bits per heavy atom. The normalized spacial score (nSPS) is 14.1. The van der Waals surface area contributed by atoms with E-state index in [1.807, 2.05) is 18.6 Å². The summed E-state index contributed by atoms with van der Waals surface area (Å²) >= 11 is 1.61. The molecular formula is C28H35N9S. The Morgan fingerprint density at radius 2 is 1.68 bits per heavy atom. The van der Waals surface area contributed by atoms with Crippen LogP contribution >= 0.6 is 11.3 Å². The van der Waals surface area contributed by atoms with Crippen molar-refractivity contribution in [2.24, 2.45) is 0 Å². The third-order valence-corrected chi connectivity index (χ3v) is 7.60. The molecule has 9 nitrogen and oxygen atoms in total. The number of nitrogens with one attached hydrogen (secondary N) is 2. The molecule has 0 bridgehead atoms. The number of piperazine rings is 1. The second kappa shape index (κ2) is 11.8. The average molecular weight is 530 g/mol. The fourth-order valence-electron chi connectivity index (χ4n) is 4.79. The van der Waals surface area contributed by atoms with Crippen molar-refractivity contribution in [3.63, 3.8) is 0 Å². The zero-order valence-corrected chi connectivity index (χ0v) is 23.3. The maximum Gasteiger partial charge on any atom is 0.234 e. The average Bonchev–Trinajstić information content (AvgIpc) is 3.36. The third kappa shape index (κ3) is 6.43. The molecule has 0 atom stereocenters. The van der Waals surface area contributed by atoms with Crippen LogP contribution in [0.4, 0.5) is 22.7 Å². The Labute approximate surface area is 228 Å². The van der Waals surface area contributed by atoms with Gasteiger partial charge in [0.1, 0.15) is 5.82 Å². The van der Waals surface area contributed by atoms with Gasteiger partial charge in [0.2, 0.25) is 11.9 Å². The number of aromatic nitrogens is 5. The van der Waals surface area contributed by atoms with Gasteiger partial charge in [0, 0.05) is 68.3 Å². The lowest BCUT2D eigenvalue weighted by Crippen LogP contribution is -2.46. The minimum absolute atomic E-state index is 0.546. The van der Waals surface area contributed by atoms with Gasteiger partial charge < -0.3 is 10.2 Å². The molecule has 0 aliphatic carbocycles. The van der Waals surface area contributed by atoms with Crippen molar-refractivity contribution in [1.29, 1.82) is 0 Å². The molecule has 1 fully saturated rings. The third-order valence-electron chi connectivity index (χ3n) is 6.69. The predicted octanol–water partition coefficient (Wildman–Crippen LogP) is 4.89. The summed E-state index contributed by atoms with van der Waals surface area (Å²) in [5.74, 6) is 2.05. The van der Waals surface area contributed by atoms with Gasteiger partial charge in [-0.2, -0.15) is 15.0 Å². The molecule has 38 heavy (non-hydrogen) atoms. The lowest BCUT2D eigenvalue weighted by Gasteiger charge is -2.34. The lowest BCUT2D eigenvalue weighted by atomic mass is 10.1. The quantitative estimate of drug-likeness (QED) is 0.314. The van der Waals surface area contributed by atoms with Crippen molar-refractivity contribution in [2.45, 2.75) is 47.2 Å². The molecule has 3 aromatic heterocycles. The second-order valence-electron chi connectivity index (χ2n) is 9.73. The molecule has 1 saturated heterocycles. The Bertz CT molecular complexity index is 1340. The van der Waals surface area contributed by atoms with Crippen molar-refractivity contribution in [1.82, 2.24) is 29.8 Å². The van der Waals surface area contributed by atoms with Crippen LogP contribution in [0.25, 0.3) is 0 Å². The molecule has 198 valence electrons. The molecule has 1 aliphatic rings. The summed E-state index contributed by atoms with van der Waals surface area (Å²) in [7, 11) is 0. The highest BCUT2D eigenvalue weighted by molar-refractivity contribution is 7.15. The molecule has 0 spiro atoms. The SMILES string of the molecule is CCc1nc(Nc2ncc(CNc3c(C)cc(C)cc3C)s2)nc(N2CCN(Cc3ccncc3)CC2)n1. The molecule has 0 saturated carbocycles. The standard InChI is InChI=1S/C28H35N9S/c1-5-24-32-26(34-27(33-24)37-12-10-36(11-13-37)18-22-6-8-29-9-7-22)35-28-31-17-23(38-28)16-30-25-20(3)14-19(2)15-21(25)4/h6-9,14-15,17,30H,5,10-13,16,18H2,1-4H3,(H,31,32,33,34,35). The molecular weight excluding hydrogens is 494 g/mol. The largest absolute Gasteiger partial charge is 0.380 e. The van der Waals surface area contributed by atoms with E-state index in [9.17, 15) is 0 Å². The molecule has 0 unspecified atom stereocenters. The van der Waals surface area contributed by atoms with E-state index in [4.69, 9.17) is 9.97 Å². The molecule has 4 aromatic rings. The zero-order valence-electron chi connectivity index (χ0n) is 22.5. The number of hydrogen-bond donors (Lipinski definition) is 2. The van der Waals surface area contributed by atoms with E-state index in [0.717, 1.165) is 67.5 Å². The van der Waals surface area contributed by atoms with Gasteiger partial charge in [-0.3, -0.25) is 15.2 Å². The van der Waals surface area contributed by atoms with E-state index in [1.54, 1.807) is 11.3 Å². The number of pyridine rings is 1. The highest BCUT2D eigenvalue weighted by Gasteiger charge is 2.21. The van der Waals surface area contributed by atoms with Gasteiger partial charge in [-0.05, 0) is 49.6 Å². The Kier molecular flexibility index (Phi) is 8.09. The first kappa shape index (κ1) is 26.0. The summed E-state index contributed by atoms with van der Waals surface area (Å²) in [6.07, 6.45) is 6.36. The van der Waals surface area contributed by atoms with Gasteiger partial charge >= 0.3 is 0 Å². The number of thiazole rings is 1. The van der Waals surface area contributed by atoms with Crippen molar-refractivity contribution in [2.75, 3.05) is 41.7 Å². The number of nitrogens with zero attached hydrogens (tertiary/aromatic N) is 7. The molecule has 0 radical (unpaired) electrons. The van der Waals surface area contributed by atoms with Crippen LogP contribution in [0.3, 0.4) is 0 Å². The highest BCUT2D eigenvalue weighted by atomic mass is 32.1. The van der Waals surface area contributed by atoms with Crippen molar-refractivity contribution in [3.8, 4) is 0 Å². The number of hydrogen-bond acceptors (Lipinski definition) is 10. The van der Waals surface area contributed by atoms with Crippen LogP contribution < -0.4 is 15.5 Å². The molecule has 0 amide bonds. The van der Waals surface area contributed by atoms with Crippen LogP contribution in [0.1, 0.15) is 39.9 Å². The summed E-state index contributed by atoms with van der Waals surface area (Å²) < 4.78 is 0. The van der Waals surface area contributed by atoms with Crippen LogP contribution in [0.2, 0.25) is 0 Å². The van der Waals surface area contributed by atoms with Crippen LogP contribution in [0.15, 0.2) is 42.9 Å². The fraction of sp³-hybridized carbons (Fsp3) is 0.393. The number of aryl methyl sites for hydroxylation is 4. The summed E-state index contributed by atoms with van der Waals surface area (Å²) in [4.78, 5) is 28.6. The van der Waals surface area contributed by atoms with Gasteiger partial charge in [0.15, 0.2) is 5.13 Å². The molecule has 5 rings (SSSR count). The predicted molar refractivity (Wildman–Crippen MR) is 154 cm³/mol. The minimum Gasteiger partial charge on any atom is -0.380 e. The summed E-state index contributed by atoms with van der Waals surface area (Å²) in [5.41, 5.74) is 6.27. The van der Waals surface area contributed by atoms with Gasteiger partial charge in [0.05, 0.1) is 6.54 Å². The van der Waals surface area contributed by atoms with E-state index in [-0.39, 0.29) is 0 Å². The Balaban J connectivity index is 1.21. The maximum absolute atomic E-state index is 4.76. The molecule has 1 aliphatic heterocycles. The topological polar surface area (TPSA) is 95.0 Å². The fourth-order valence-corrected chi connectivity index (χ4v) is 5.54. The zero-order chi connectivity index (χ0) is 26.5. The maximum atomic E-state index is 4.76. The van der Waals surface area contributed by atoms with Crippen LogP contribution in [0.5, 0.6) is 0 Å². The van der Waals surface area contributed by atoms with Gasteiger partial charge in [-0.25, -0.2) is 4.98 Å². The first-order valence-corrected chi connectivity index (χ1v) is 13.9. The monoisotopic (exact) mass is 529 g/mol. The van der Waals surface area contributed by atoms with Crippen molar-refractivity contribution < 1.29 is 0 Å². The Hall–Kier alpha value is -3.63. The van der Waals surface area contributed by atoms with Crippen molar-refractivity contribution in [3.05, 3.63) is 75.8 Å². The molecule has 2 N–H and O–H groups in total. The van der Waals surface area contributed by atoms with Gasteiger partial charge in [-0.1, -0.05) is 36.0 Å². The lowest BCUT2D eigenvalue weighted by molar-refractivity contribution is 0.248. The van der Waals surface area contributed by atoms with Gasteiger partial charge in [0.25, 0.3) is 0 Å². The number of benzene rings is 1. The summed E-state index contributed by atoms with van der Waals surface area (Å²) in [6.45, 7) is 13.8. The van der Waals surface area contributed by atoms with Gasteiger partial charge in [-0.15, -0.1) is 0 Å². The first-order chi connectivity index (χ1) is 18.5. The first-order valence-electron chi connectivity index (χ1n) is 13.1. The number of anilines is 4. The second-order valence-corrected chi connectivity index (χ2v) is 10.8. The smallest absolute Gasteiger partial charge is 0.234 e. The van der Waals surface area contributed by atoms with Crippen molar-refractivity contribution >= 4 is 34.1 Å². The molecule has 1 aromatic carbocycles. The van der Waals surface area contributed by atoms with E-state index in [2.05, 4.69) is 87.3 Å². The van der Waals surface area contributed by atoms with E-state index < -0.39 is 0 Å². The summed E-state index contributed by atoms with van der Waals surface area (Å²) in [5, 5.41) is 7.68. The molecule has 10 heteroatoms. The van der Waals surface area contributed by atoms with Crippen LogP contribution in [-0.2, 0) is 19.5 Å². The highest BCUT2D eigenvalue weighted by Crippen LogP contribution is 2.26.